The molecule has 0 aliphatic carbocycles. The van der Waals surface area contributed by atoms with Crippen LogP contribution in [0, 0.1) is 13.8 Å². The second kappa shape index (κ2) is 12.8. The first-order valence-corrected chi connectivity index (χ1v) is 15.4. The molecule has 2 aromatic carbocycles. The molecule has 6 rings (SSSR count). The van der Waals surface area contributed by atoms with Gasteiger partial charge in [-0.2, -0.15) is 0 Å². The van der Waals surface area contributed by atoms with E-state index in [9.17, 15) is 9.59 Å². The summed E-state index contributed by atoms with van der Waals surface area (Å²) in [4.78, 5) is 34.9. The van der Waals surface area contributed by atoms with Crippen LogP contribution in [0.4, 0.5) is 0 Å². The molecule has 0 bridgehead atoms. The highest BCUT2D eigenvalue weighted by Crippen LogP contribution is 2.29. The van der Waals surface area contributed by atoms with E-state index in [1.165, 1.54) is 15.1 Å². The average molecular weight is 646 g/mol. The Morgan fingerprint density at radius 1 is 0.683 bits per heavy atom. The minimum absolute atomic E-state index is 0.0928. The number of nitrogens with one attached hydrogen (secondary N) is 2. The molecule has 41 heavy (non-hydrogen) atoms. The van der Waals surface area contributed by atoms with E-state index in [0.29, 0.717) is 37.9 Å². The summed E-state index contributed by atoms with van der Waals surface area (Å²) in [5.74, 6) is 1.23. The molecule has 0 amide bonds. The lowest BCUT2D eigenvalue weighted by Gasteiger charge is -2.03. The van der Waals surface area contributed by atoms with Crippen molar-refractivity contribution < 1.29 is 0 Å². The molecular weight excluding hydrogens is 623 g/mol. The number of nitrogens with zero attached hydrogens (tertiary/aromatic N) is 4. The maximum atomic E-state index is 12.0. The molecule has 4 heterocycles. The molecule has 210 valence electrons. The summed E-state index contributed by atoms with van der Waals surface area (Å²) in [6, 6.07) is 19.9. The highest BCUT2D eigenvalue weighted by Gasteiger charge is 2.07. The molecule has 13 heteroatoms. The lowest BCUT2D eigenvalue weighted by atomic mass is 10.4. The first-order chi connectivity index (χ1) is 19.6. The summed E-state index contributed by atoms with van der Waals surface area (Å²) in [5.41, 5.74) is 4.38. The molecule has 4 aromatic heterocycles. The normalized spacial score (nSPS) is 11.1. The molecule has 8 nitrogen and oxygen atoms in total. The molecule has 0 aliphatic rings. The highest BCUT2D eigenvalue weighted by molar-refractivity contribution is 7.98. The lowest BCUT2D eigenvalue weighted by Crippen LogP contribution is -2.15. The van der Waals surface area contributed by atoms with E-state index in [1.807, 2.05) is 56.3 Å². The predicted molar refractivity (Wildman–Crippen MR) is 168 cm³/mol. The molecule has 0 atom stereocenters. The van der Waals surface area contributed by atoms with Crippen LogP contribution in [0.5, 0.6) is 0 Å². The van der Waals surface area contributed by atoms with Crippen LogP contribution < -0.4 is 11.1 Å². The fourth-order valence-corrected chi connectivity index (χ4v) is 6.20. The Morgan fingerprint density at radius 3 is 1.73 bits per heavy atom. The Hall–Kier alpha value is -3.15. The molecule has 2 N–H and O–H groups in total. The average Bonchev–Trinajstić information content (AvgIpc) is 3.50. The van der Waals surface area contributed by atoms with Crippen LogP contribution >= 0.6 is 58.3 Å². The number of hydrogen-bond donors (Lipinski definition) is 2. The lowest BCUT2D eigenvalue weighted by molar-refractivity contribution is 0.872. The van der Waals surface area contributed by atoms with Crippen molar-refractivity contribution in [3.05, 3.63) is 125 Å². The standard InChI is InChI=1S/C14H11Cl2N3OS.C14H12ClN3OS/c1-8-4-13-17-9(5-14(20)19(13)18-8)7-21-10-2-3-11(15)12(16)6-10;1-9-5-13-16-11(7-14(19)18(13)17-9)8-20-12-4-2-3-10(15)6-12/h2-6,18H,7H2,1H3;2-7,17H,8H2,1H3. The number of aromatic amines is 2. The van der Waals surface area contributed by atoms with Gasteiger partial charge in [0.25, 0.3) is 11.1 Å². The predicted octanol–water partition coefficient (Wildman–Crippen LogP) is 7.21. The first kappa shape index (κ1) is 29.3. The largest absolute Gasteiger partial charge is 0.294 e. The van der Waals surface area contributed by atoms with Crippen molar-refractivity contribution in [2.75, 3.05) is 0 Å². The smallest absolute Gasteiger partial charge is 0.272 e. The molecule has 0 saturated heterocycles. The highest BCUT2D eigenvalue weighted by atomic mass is 35.5. The van der Waals surface area contributed by atoms with Gasteiger partial charge in [-0.1, -0.05) is 40.9 Å². The van der Waals surface area contributed by atoms with E-state index in [2.05, 4.69) is 20.2 Å². The van der Waals surface area contributed by atoms with Gasteiger partial charge in [0.2, 0.25) is 0 Å². The molecule has 6 aromatic rings. The number of thioether (sulfide) groups is 2. The SMILES string of the molecule is Cc1cc2nc(CSc3ccc(Cl)c(Cl)c3)cc(=O)n2[nH]1.Cc1cc2nc(CSc3cccc(Cl)c3)cc(=O)n2[nH]1. The fourth-order valence-electron chi connectivity index (χ4n) is 3.91. The first-order valence-electron chi connectivity index (χ1n) is 12.3. The van der Waals surface area contributed by atoms with E-state index in [4.69, 9.17) is 34.8 Å². The van der Waals surface area contributed by atoms with Gasteiger partial charge in [-0.25, -0.2) is 19.0 Å². The maximum absolute atomic E-state index is 12.0. The Labute approximate surface area is 258 Å². The summed E-state index contributed by atoms with van der Waals surface area (Å²) in [5, 5.41) is 7.65. The zero-order chi connectivity index (χ0) is 29.1. The van der Waals surface area contributed by atoms with Crippen molar-refractivity contribution in [2.24, 2.45) is 0 Å². The number of rotatable bonds is 6. The van der Waals surface area contributed by atoms with Crippen LogP contribution in [0.3, 0.4) is 0 Å². The van der Waals surface area contributed by atoms with Crippen LogP contribution in [0.2, 0.25) is 15.1 Å². The second-order valence-electron chi connectivity index (χ2n) is 9.05. The number of aromatic nitrogens is 6. The van der Waals surface area contributed by atoms with Crippen molar-refractivity contribution in [1.82, 2.24) is 29.2 Å². The van der Waals surface area contributed by atoms with Gasteiger partial charge in [0.05, 0.1) is 21.4 Å². The van der Waals surface area contributed by atoms with Crippen LogP contribution in [0.1, 0.15) is 22.8 Å². The van der Waals surface area contributed by atoms with Gasteiger partial charge >= 0.3 is 0 Å². The van der Waals surface area contributed by atoms with E-state index in [0.717, 1.165) is 32.6 Å². The summed E-state index contributed by atoms with van der Waals surface area (Å²) >= 11 is 21.0. The van der Waals surface area contributed by atoms with Crippen LogP contribution in [0.25, 0.3) is 11.3 Å². The zero-order valence-corrected chi connectivity index (χ0v) is 25.7. The fraction of sp³-hybridized carbons (Fsp3) is 0.143. The monoisotopic (exact) mass is 644 g/mol. The Bertz CT molecular complexity index is 1980. The second-order valence-corrected chi connectivity index (χ2v) is 12.4. The van der Waals surface area contributed by atoms with E-state index in [-0.39, 0.29) is 11.1 Å². The quantitative estimate of drug-likeness (QED) is 0.186. The van der Waals surface area contributed by atoms with Gasteiger partial charge < -0.3 is 0 Å². The van der Waals surface area contributed by atoms with Crippen molar-refractivity contribution in [2.45, 2.75) is 35.1 Å². The van der Waals surface area contributed by atoms with Crippen molar-refractivity contribution in [3.8, 4) is 0 Å². The third kappa shape index (κ3) is 7.38. The topological polar surface area (TPSA) is 100 Å². The molecule has 0 fully saturated rings. The minimum Gasteiger partial charge on any atom is -0.294 e. The number of benzene rings is 2. The minimum atomic E-state index is -0.113. The summed E-state index contributed by atoms with van der Waals surface area (Å²) in [6.07, 6.45) is 0. The maximum Gasteiger partial charge on any atom is 0.272 e. The molecule has 0 saturated carbocycles. The van der Waals surface area contributed by atoms with Crippen LogP contribution in [-0.4, -0.2) is 29.2 Å². The van der Waals surface area contributed by atoms with E-state index >= 15 is 0 Å². The third-order valence-electron chi connectivity index (χ3n) is 5.72. The number of aryl methyl sites for hydroxylation is 2. The number of H-pyrrole nitrogens is 2. The van der Waals surface area contributed by atoms with Gasteiger partial charge in [-0.3, -0.25) is 19.8 Å². The number of hydrogen-bond acceptors (Lipinski definition) is 6. The molecule has 0 radical (unpaired) electrons. The van der Waals surface area contributed by atoms with E-state index in [1.54, 1.807) is 41.7 Å². The van der Waals surface area contributed by atoms with Crippen molar-refractivity contribution in [3.63, 3.8) is 0 Å². The Balaban J connectivity index is 0.000000165. The van der Waals surface area contributed by atoms with E-state index < -0.39 is 0 Å². The van der Waals surface area contributed by atoms with Crippen LogP contribution in [-0.2, 0) is 11.5 Å². The summed E-state index contributed by atoms with van der Waals surface area (Å²) in [6.45, 7) is 3.78. The Morgan fingerprint density at radius 2 is 1.22 bits per heavy atom. The van der Waals surface area contributed by atoms with Crippen LogP contribution in [0.15, 0.2) is 86.1 Å². The Kier molecular flexibility index (Phi) is 9.16. The third-order valence-corrected chi connectivity index (χ3v) is 8.75. The number of fused-ring (bicyclic) bond motifs is 2. The molecule has 0 unspecified atom stereocenters. The molecule has 0 aliphatic heterocycles. The van der Waals surface area contributed by atoms with Crippen molar-refractivity contribution >= 4 is 69.6 Å². The molecular formula is C28H23Cl3N6O2S2. The van der Waals surface area contributed by atoms with Gasteiger partial charge in [-0.15, -0.1) is 23.5 Å². The van der Waals surface area contributed by atoms with Gasteiger partial charge in [0.1, 0.15) is 0 Å². The zero-order valence-electron chi connectivity index (χ0n) is 21.8. The molecule has 0 spiro atoms. The van der Waals surface area contributed by atoms with Gasteiger partial charge in [0.15, 0.2) is 11.3 Å². The summed E-state index contributed by atoms with van der Waals surface area (Å²) < 4.78 is 2.88. The van der Waals surface area contributed by atoms with Gasteiger partial charge in [0, 0.05) is 62.0 Å². The van der Waals surface area contributed by atoms with Crippen molar-refractivity contribution in [1.29, 1.82) is 0 Å². The number of halogens is 3. The van der Waals surface area contributed by atoms with Gasteiger partial charge in [-0.05, 0) is 50.2 Å². The summed E-state index contributed by atoms with van der Waals surface area (Å²) in [7, 11) is 0.